The second kappa shape index (κ2) is 17.9. The molecule has 3 aromatic rings. The zero-order valence-electron chi connectivity index (χ0n) is 23.1. The molecule has 0 unspecified atom stereocenters. The molecule has 1 aromatic heterocycles. The van der Waals surface area contributed by atoms with Crippen molar-refractivity contribution in [2.24, 2.45) is 0 Å². The number of halogens is 2. The summed E-state index contributed by atoms with van der Waals surface area (Å²) in [6.07, 6.45) is 0. The standard InChI is InChI=1S/2C12H18O2.C5H4S.2ClH.Ti/c2*1-5-14-9-6-7-11(13)10(8-9)12(2,3)4;1-5-3-2-4-6-5;;;/h2*6-8,13H,5H2,1-4H3;1-4H;2*1H;/p-2. The van der Waals surface area contributed by atoms with Gasteiger partial charge in [0.05, 0.1) is 13.2 Å². The molecule has 0 radical (unpaired) electrons. The minimum atomic E-state index is -0.0583. The van der Waals surface area contributed by atoms with Crippen LogP contribution < -0.4 is 34.3 Å². The normalized spacial score (nSPS) is 10.2. The Hall–Kier alpha value is -1.50. The molecule has 0 saturated carbocycles. The number of aromatic hydroxyl groups is 2. The molecule has 0 fully saturated rings. The van der Waals surface area contributed by atoms with Gasteiger partial charge >= 0.3 is 58.0 Å². The summed E-state index contributed by atoms with van der Waals surface area (Å²) >= 11 is 3.81. The summed E-state index contributed by atoms with van der Waals surface area (Å²) < 4.78 is 12.9. The number of phenolic OH excluding ortho intramolecular Hbond substituents is 2. The molecule has 0 amide bonds. The van der Waals surface area contributed by atoms with E-state index < -0.39 is 0 Å². The zero-order chi connectivity index (χ0) is 26.6. The van der Waals surface area contributed by atoms with Gasteiger partial charge in [-0.15, -0.1) is 0 Å². The molecule has 206 valence electrons. The molecule has 0 atom stereocenters. The van der Waals surface area contributed by atoms with Crippen molar-refractivity contribution in [1.82, 2.24) is 0 Å². The Bertz CT molecular complexity index is 978. The first-order valence-corrected chi connectivity index (χ1v) is 13.6. The fraction of sp³-hybridized carbons (Fsp3) is 0.414. The Morgan fingerprint density at radius 3 is 1.41 bits per heavy atom. The van der Waals surface area contributed by atoms with Crippen molar-refractivity contribution in [3.63, 3.8) is 0 Å². The number of ether oxygens (including phenoxy) is 2. The van der Waals surface area contributed by atoms with Crippen molar-refractivity contribution in [3.8, 4) is 23.0 Å². The van der Waals surface area contributed by atoms with E-state index in [1.165, 1.54) is 4.88 Å². The van der Waals surface area contributed by atoms with E-state index in [2.05, 4.69) is 63.4 Å². The zero-order valence-corrected chi connectivity index (χ0v) is 27.0. The number of thiophene rings is 1. The van der Waals surface area contributed by atoms with Crippen LogP contribution in [-0.4, -0.2) is 27.7 Å². The first-order valence-electron chi connectivity index (χ1n) is 11.8. The average molecular weight is 603 g/mol. The molecule has 4 nitrogen and oxygen atoms in total. The van der Waals surface area contributed by atoms with Crippen LogP contribution in [0.1, 0.15) is 71.4 Å². The van der Waals surface area contributed by atoms with Gasteiger partial charge < -0.3 is 44.5 Å². The van der Waals surface area contributed by atoms with Crippen LogP contribution in [0.15, 0.2) is 53.9 Å². The third-order valence-electron chi connectivity index (χ3n) is 4.86. The van der Waals surface area contributed by atoms with E-state index in [9.17, 15) is 10.2 Å². The summed E-state index contributed by atoms with van der Waals surface area (Å²) in [6, 6.07) is 14.9. The second-order valence-corrected chi connectivity index (χ2v) is 11.3. The van der Waals surface area contributed by atoms with Crippen molar-refractivity contribution >= 4 is 15.7 Å². The van der Waals surface area contributed by atoms with Crippen LogP contribution in [0, 0.1) is 0 Å². The van der Waals surface area contributed by atoms with Crippen LogP contribution in [0.4, 0.5) is 0 Å². The van der Waals surface area contributed by atoms with Crippen molar-refractivity contribution in [2.45, 2.75) is 66.2 Å². The van der Waals surface area contributed by atoms with E-state index in [0.717, 1.165) is 22.6 Å². The van der Waals surface area contributed by atoms with Gasteiger partial charge in [-0.2, -0.15) is 0 Å². The number of hydrogen-bond acceptors (Lipinski definition) is 5. The van der Waals surface area contributed by atoms with E-state index in [1.807, 2.05) is 46.0 Å². The first kappa shape index (κ1) is 37.7. The maximum absolute atomic E-state index is 9.68. The molecule has 0 aliphatic heterocycles. The third kappa shape index (κ3) is 13.7. The van der Waals surface area contributed by atoms with Gasteiger partial charge in [-0.1, -0.05) is 41.5 Å². The SMILES string of the molecule is CCOc1ccc(O)c(C(C)(C)C)c1.CCOc1ccc(O)c(C(C)(C)C)c1.[Cl-].[Cl-].[Ti]=[CH]c1cccs1. The summed E-state index contributed by atoms with van der Waals surface area (Å²) in [5, 5.41) is 21.4. The first-order chi connectivity index (χ1) is 16.3. The van der Waals surface area contributed by atoms with Crippen LogP contribution in [0.2, 0.25) is 0 Å². The molecule has 0 aliphatic carbocycles. The summed E-state index contributed by atoms with van der Waals surface area (Å²) in [5.74, 6) is 2.30. The van der Waals surface area contributed by atoms with Crippen molar-refractivity contribution in [1.29, 1.82) is 0 Å². The van der Waals surface area contributed by atoms with Crippen LogP contribution in [0.5, 0.6) is 23.0 Å². The van der Waals surface area contributed by atoms with Crippen LogP contribution >= 0.6 is 11.3 Å². The molecule has 2 aromatic carbocycles. The summed E-state index contributed by atoms with van der Waals surface area (Å²) in [4.78, 5) is 1.35. The number of rotatable bonds is 5. The van der Waals surface area contributed by atoms with Crippen molar-refractivity contribution < 1.29 is 64.5 Å². The Labute approximate surface area is 251 Å². The van der Waals surface area contributed by atoms with Crippen LogP contribution in [0.3, 0.4) is 0 Å². The Morgan fingerprint density at radius 2 is 1.16 bits per heavy atom. The molecule has 8 heteroatoms. The topological polar surface area (TPSA) is 58.9 Å². The number of hydrogen-bond donors (Lipinski definition) is 2. The Balaban J connectivity index is 0. The molecule has 3 rings (SSSR count). The van der Waals surface area contributed by atoms with Crippen molar-refractivity contribution in [3.05, 3.63) is 69.9 Å². The fourth-order valence-electron chi connectivity index (χ4n) is 3.12. The van der Waals surface area contributed by atoms with Gasteiger partial charge in [-0.3, -0.25) is 0 Å². The van der Waals surface area contributed by atoms with Gasteiger partial charge in [0.25, 0.3) is 0 Å². The Morgan fingerprint density at radius 1 is 0.757 bits per heavy atom. The maximum atomic E-state index is 9.68. The summed E-state index contributed by atoms with van der Waals surface area (Å²) in [6.45, 7) is 17.6. The predicted molar refractivity (Wildman–Crippen MR) is 145 cm³/mol. The molecule has 0 saturated heterocycles. The minimum absolute atomic E-state index is 0. The predicted octanol–water partition coefficient (Wildman–Crippen LogP) is 1.63. The molecule has 0 aliphatic rings. The summed E-state index contributed by atoms with van der Waals surface area (Å²) in [7, 11) is 0. The summed E-state index contributed by atoms with van der Waals surface area (Å²) in [5.41, 5.74) is 1.72. The fourth-order valence-corrected chi connectivity index (χ4v) is 4.13. The van der Waals surface area contributed by atoms with Gasteiger partial charge in [0, 0.05) is 11.1 Å². The number of benzene rings is 2. The average Bonchev–Trinajstić information content (AvgIpc) is 3.30. The van der Waals surface area contributed by atoms with E-state index in [4.69, 9.17) is 9.47 Å². The molecule has 0 spiro atoms. The van der Waals surface area contributed by atoms with Crippen molar-refractivity contribution in [2.75, 3.05) is 13.2 Å². The quantitative estimate of drug-likeness (QED) is 0.436. The van der Waals surface area contributed by atoms with E-state index >= 15 is 0 Å². The molecular weight excluding hydrogens is 563 g/mol. The molecule has 0 bridgehead atoms. The monoisotopic (exact) mass is 602 g/mol. The second-order valence-electron chi connectivity index (χ2n) is 9.88. The van der Waals surface area contributed by atoms with E-state index in [0.29, 0.717) is 24.7 Å². The molecule has 37 heavy (non-hydrogen) atoms. The van der Waals surface area contributed by atoms with E-state index in [-0.39, 0.29) is 35.6 Å². The van der Waals surface area contributed by atoms with Crippen LogP contribution in [0.25, 0.3) is 0 Å². The third-order valence-corrected chi connectivity index (χ3v) is 6.49. The van der Waals surface area contributed by atoms with E-state index in [1.54, 1.807) is 35.6 Å². The van der Waals surface area contributed by atoms with Gasteiger partial charge in [0.15, 0.2) is 0 Å². The van der Waals surface area contributed by atoms with Gasteiger partial charge in [0.1, 0.15) is 23.0 Å². The van der Waals surface area contributed by atoms with Gasteiger partial charge in [-0.25, -0.2) is 0 Å². The van der Waals surface area contributed by atoms with Gasteiger partial charge in [-0.05, 0) is 61.1 Å². The van der Waals surface area contributed by atoms with Gasteiger partial charge in [0.2, 0.25) is 0 Å². The Kier molecular flexibility index (Phi) is 18.2. The van der Waals surface area contributed by atoms with Crippen LogP contribution in [-0.2, 0) is 30.8 Å². The molecule has 1 heterocycles. The molecule has 2 N–H and O–H groups in total. The number of phenols is 2. The molecular formula is C29H40Cl2O4STi-2.